The number of hydrogen-bond acceptors (Lipinski definition) is 3. The van der Waals surface area contributed by atoms with E-state index >= 15 is 0 Å². The molecule has 0 saturated carbocycles. The number of nitrogens with one attached hydrogen (secondary N) is 2. The highest BCUT2D eigenvalue weighted by atomic mass is 16.2. The van der Waals surface area contributed by atoms with Crippen molar-refractivity contribution in [3.63, 3.8) is 0 Å². The van der Waals surface area contributed by atoms with E-state index in [1.807, 2.05) is 13.1 Å². The van der Waals surface area contributed by atoms with Crippen LogP contribution in [0.15, 0.2) is 12.3 Å². The van der Waals surface area contributed by atoms with E-state index in [4.69, 9.17) is 0 Å². The lowest BCUT2D eigenvalue weighted by Gasteiger charge is -2.28. The first-order valence-corrected chi connectivity index (χ1v) is 7.76. The maximum absolute atomic E-state index is 12.3. The minimum absolute atomic E-state index is 0.0179. The molecule has 0 aromatic carbocycles. The van der Waals surface area contributed by atoms with Crippen LogP contribution in [-0.2, 0) is 12.0 Å². The summed E-state index contributed by atoms with van der Waals surface area (Å²) in [7, 11) is 0. The molecule has 0 saturated heterocycles. The normalized spacial score (nSPS) is 18.1. The van der Waals surface area contributed by atoms with Crippen molar-refractivity contribution in [2.75, 3.05) is 0 Å². The molecule has 1 aliphatic rings. The van der Waals surface area contributed by atoms with Crippen LogP contribution in [0.2, 0.25) is 0 Å². The van der Waals surface area contributed by atoms with Crippen LogP contribution < -0.4 is 5.32 Å². The third-order valence-electron chi connectivity index (χ3n) is 4.06. The van der Waals surface area contributed by atoms with Crippen LogP contribution in [0.4, 0.5) is 0 Å². The molecule has 1 aliphatic carbocycles. The van der Waals surface area contributed by atoms with Gasteiger partial charge in [-0.3, -0.25) is 14.6 Å². The van der Waals surface area contributed by atoms with Crippen LogP contribution in [0.5, 0.6) is 0 Å². The molecule has 0 bridgehead atoms. The zero-order valence-electron chi connectivity index (χ0n) is 13.6. The predicted molar refractivity (Wildman–Crippen MR) is 83.7 cm³/mol. The lowest BCUT2D eigenvalue weighted by molar-refractivity contribution is 0.0927. The molecule has 0 spiro atoms. The van der Waals surface area contributed by atoms with Crippen molar-refractivity contribution >= 4 is 5.91 Å². The molecule has 2 aromatic heterocycles. The molecule has 0 unspecified atom stereocenters. The standard InChI is InChI=1S/C16H23N5O/c1-10-8-13(20-19-10)15(22)18-12-6-5-7-14-11(12)9-17-21(14)16(2,3)4/h8-9,12H,5-7H2,1-4H3,(H,18,22)(H,19,20)/t12-/m1/s1. The van der Waals surface area contributed by atoms with Crippen molar-refractivity contribution in [1.82, 2.24) is 25.3 Å². The zero-order valence-corrected chi connectivity index (χ0v) is 13.6. The number of hydrogen-bond donors (Lipinski definition) is 2. The Morgan fingerprint density at radius 3 is 2.86 bits per heavy atom. The second-order valence-corrected chi connectivity index (χ2v) is 6.98. The Kier molecular flexibility index (Phi) is 3.54. The molecule has 6 nitrogen and oxygen atoms in total. The molecule has 1 amide bonds. The van der Waals surface area contributed by atoms with E-state index in [0.717, 1.165) is 30.5 Å². The first-order chi connectivity index (χ1) is 10.4. The summed E-state index contributed by atoms with van der Waals surface area (Å²) in [5.41, 5.74) is 3.66. The number of nitrogens with zero attached hydrogens (tertiary/aromatic N) is 3. The molecular weight excluding hydrogens is 278 g/mol. The molecular formula is C16H23N5O. The van der Waals surface area contributed by atoms with Gasteiger partial charge in [-0.1, -0.05) is 0 Å². The monoisotopic (exact) mass is 301 g/mol. The minimum atomic E-state index is -0.134. The Morgan fingerprint density at radius 1 is 1.45 bits per heavy atom. The number of H-pyrrole nitrogens is 1. The number of fused-ring (bicyclic) bond motifs is 1. The Bertz CT molecular complexity index is 692. The Labute approximate surface area is 130 Å². The third kappa shape index (κ3) is 2.65. The molecule has 6 heteroatoms. The highest BCUT2D eigenvalue weighted by Gasteiger charge is 2.29. The van der Waals surface area contributed by atoms with Crippen LogP contribution in [0.3, 0.4) is 0 Å². The fraction of sp³-hybridized carbons (Fsp3) is 0.562. The molecule has 118 valence electrons. The number of aromatic nitrogens is 4. The Balaban J connectivity index is 1.83. The van der Waals surface area contributed by atoms with E-state index in [1.165, 1.54) is 5.69 Å². The Morgan fingerprint density at radius 2 is 2.23 bits per heavy atom. The average Bonchev–Trinajstić information content (AvgIpc) is 3.04. The molecule has 2 N–H and O–H groups in total. The van der Waals surface area contributed by atoms with E-state index in [2.05, 4.69) is 46.1 Å². The van der Waals surface area contributed by atoms with Crippen LogP contribution in [0.25, 0.3) is 0 Å². The van der Waals surface area contributed by atoms with Gasteiger partial charge in [0.15, 0.2) is 0 Å². The molecule has 1 atom stereocenters. The van der Waals surface area contributed by atoms with E-state index in [1.54, 1.807) is 6.07 Å². The van der Waals surface area contributed by atoms with Gasteiger partial charge < -0.3 is 5.32 Å². The number of carbonyl (C=O) groups is 1. The van der Waals surface area contributed by atoms with E-state index < -0.39 is 0 Å². The van der Waals surface area contributed by atoms with Gasteiger partial charge in [0, 0.05) is 17.0 Å². The van der Waals surface area contributed by atoms with Gasteiger partial charge in [0.2, 0.25) is 0 Å². The lowest BCUT2D eigenvalue weighted by Crippen LogP contribution is -2.32. The first-order valence-electron chi connectivity index (χ1n) is 7.76. The second-order valence-electron chi connectivity index (χ2n) is 6.98. The van der Waals surface area contributed by atoms with Crippen molar-refractivity contribution in [3.05, 3.63) is 34.9 Å². The van der Waals surface area contributed by atoms with Crippen molar-refractivity contribution in [2.24, 2.45) is 0 Å². The fourth-order valence-corrected chi connectivity index (χ4v) is 3.05. The van der Waals surface area contributed by atoms with Crippen molar-refractivity contribution in [1.29, 1.82) is 0 Å². The summed E-state index contributed by atoms with van der Waals surface area (Å²) in [6.45, 7) is 8.33. The summed E-state index contributed by atoms with van der Waals surface area (Å²) in [6, 6.07) is 1.78. The van der Waals surface area contributed by atoms with Crippen molar-refractivity contribution in [3.8, 4) is 0 Å². The van der Waals surface area contributed by atoms with Crippen LogP contribution in [0.1, 0.15) is 67.1 Å². The van der Waals surface area contributed by atoms with E-state index in [9.17, 15) is 4.79 Å². The summed E-state index contributed by atoms with van der Waals surface area (Å²) in [6.07, 6.45) is 4.91. The minimum Gasteiger partial charge on any atom is -0.344 e. The maximum atomic E-state index is 12.3. The molecule has 0 fully saturated rings. The van der Waals surface area contributed by atoms with Gasteiger partial charge in [-0.15, -0.1) is 0 Å². The van der Waals surface area contributed by atoms with Gasteiger partial charge in [0.05, 0.1) is 17.8 Å². The van der Waals surface area contributed by atoms with Crippen LogP contribution in [-0.4, -0.2) is 25.9 Å². The van der Waals surface area contributed by atoms with Gasteiger partial charge in [-0.05, 0) is 53.0 Å². The largest absolute Gasteiger partial charge is 0.344 e. The number of rotatable bonds is 2. The molecule has 0 aliphatic heterocycles. The first kappa shape index (κ1) is 14.8. The topological polar surface area (TPSA) is 75.6 Å². The third-order valence-corrected chi connectivity index (χ3v) is 4.06. The fourth-order valence-electron chi connectivity index (χ4n) is 3.05. The maximum Gasteiger partial charge on any atom is 0.272 e. The number of aryl methyl sites for hydroxylation is 1. The zero-order chi connectivity index (χ0) is 15.9. The summed E-state index contributed by atoms with van der Waals surface area (Å²) in [4.78, 5) is 12.3. The number of carbonyl (C=O) groups excluding carboxylic acids is 1. The number of amides is 1. The smallest absolute Gasteiger partial charge is 0.272 e. The predicted octanol–water partition coefficient (Wildman–Crippen LogP) is 2.48. The SMILES string of the molecule is Cc1cc(C(=O)N[C@@H]2CCCc3c2cnn3C(C)(C)C)n[nH]1. The van der Waals surface area contributed by atoms with E-state index in [-0.39, 0.29) is 17.5 Å². The number of aromatic amines is 1. The van der Waals surface area contributed by atoms with Crippen LogP contribution >= 0.6 is 0 Å². The molecule has 2 aromatic rings. The summed E-state index contributed by atoms with van der Waals surface area (Å²) >= 11 is 0. The lowest BCUT2D eigenvalue weighted by atomic mass is 9.92. The molecule has 3 rings (SSSR count). The summed E-state index contributed by atoms with van der Waals surface area (Å²) < 4.78 is 2.08. The van der Waals surface area contributed by atoms with Crippen LogP contribution in [0, 0.1) is 6.92 Å². The van der Waals surface area contributed by atoms with Crippen molar-refractivity contribution in [2.45, 2.75) is 58.5 Å². The highest BCUT2D eigenvalue weighted by molar-refractivity contribution is 5.92. The molecule has 2 heterocycles. The van der Waals surface area contributed by atoms with Gasteiger partial charge in [-0.2, -0.15) is 10.2 Å². The summed E-state index contributed by atoms with van der Waals surface area (Å²) in [5.74, 6) is -0.134. The van der Waals surface area contributed by atoms with Gasteiger partial charge >= 0.3 is 0 Å². The summed E-state index contributed by atoms with van der Waals surface area (Å²) in [5, 5.41) is 14.5. The quantitative estimate of drug-likeness (QED) is 0.894. The molecule has 22 heavy (non-hydrogen) atoms. The van der Waals surface area contributed by atoms with Crippen molar-refractivity contribution < 1.29 is 4.79 Å². The second kappa shape index (κ2) is 5.26. The van der Waals surface area contributed by atoms with Gasteiger partial charge in [-0.25, -0.2) is 0 Å². The molecule has 0 radical (unpaired) electrons. The van der Waals surface area contributed by atoms with E-state index in [0.29, 0.717) is 5.69 Å². The average molecular weight is 301 g/mol. The van der Waals surface area contributed by atoms with Gasteiger partial charge in [0.1, 0.15) is 5.69 Å². The Hall–Kier alpha value is -2.11. The highest BCUT2D eigenvalue weighted by Crippen LogP contribution is 2.32. The van der Waals surface area contributed by atoms with Gasteiger partial charge in [0.25, 0.3) is 5.91 Å².